The zero-order valence-corrected chi connectivity index (χ0v) is 23.2. The van der Waals surface area contributed by atoms with Crippen LogP contribution in [0.2, 0.25) is 0 Å². The lowest BCUT2D eigenvalue weighted by Gasteiger charge is -2.30. The first-order valence-electron chi connectivity index (χ1n) is 13.8. The normalized spacial score (nSPS) is 15.7. The van der Waals surface area contributed by atoms with Gasteiger partial charge in [0.1, 0.15) is 5.75 Å². The fraction of sp³-hybridized carbons (Fsp3) is 0.419. The molecule has 0 spiro atoms. The van der Waals surface area contributed by atoms with Gasteiger partial charge in [0.05, 0.1) is 19.8 Å². The summed E-state index contributed by atoms with van der Waals surface area (Å²) >= 11 is 0. The summed E-state index contributed by atoms with van der Waals surface area (Å²) in [7, 11) is 0. The third-order valence-corrected chi connectivity index (χ3v) is 7.55. The zero-order valence-electron chi connectivity index (χ0n) is 23.2. The van der Waals surface area contributed by atoms with Crippen molar-refractivity contribution in [3.05, 3.63) is 82.7 Å². The minimum atomic E-state index is -0.672. The average Bonchev–Trinajstić information content (AvgIpc) is 2.95. The van der Waals surface area contributed by atoms with Crippen molar-refractivity contribution in [2.24, 2.45) is 0 Å². The van der Waals surface area contributed by atoms with Gasteiger partial charge in [-0.2, -0.15) is 0 Å². The monoisotopic (exact) mass is 548 g/mol. The van der Waals surface area contributed by atoms with E-state index >= 15 is 0 Å². The Bertz CT molecular complexity index is 1270. The van der Waals surface area contributed by atoms with Crippen LogP contribution in [0.1, 0.15) is 50.7 Å². The van der Waals surface area contributed by atoms with Gasteiger partial charge in [0.15, 0.2) is 0 Å². The maximum Gasteiger partial charge on any atom is 0.243 e. The first-order chi connectivity index (χ1) is 19.1. The van der Waals surface area contributed by atoms with Crippen molar-refractivity contribution in [3.63, 3.8) is 0 Å². The van der Waals surface area contributed by atoms with Gasteiger partial charge in [-0.1, -0.05) is 50.6 Å². The molecular weight excluding hydrogens is 510 g/mol. The van der Waals surface area contributed by atoms with E-state index in [1.165, 1.54) is 18.4 Å². The van der Waals surface area contributed by atoms with E-state index < -0.39 is 5.91 Å². The van der Waals surface area contributed by atoms with E-state index in [9.17, 15) is 25.1 Å². The van der Waals surface area contributed by atoms with Gasteiger partial charge in [-0.15, -0.1) is 0 Å². The highest BCUT2D eigenvalue weighted by molar-refractivity contribution is 5.96. The maximum atomic E-state index is 12.5. The lowest BCUT2D eigenvalue weighted by atomic mass is 9.79. The Morgan fingerprint density at radius 2 is 1.88 bits per heavy atom. The summed E-state index contributed by atoms with van der Waals surface area (Å²) < 4.78 is 5.32. The summed E-state index contributed by atoms with van der Waals surface area (Å²) in [5.41, 5.74) is 3.09. The standard InChI is InChI=1S/C31H38N3O6/c1-31(2,13-4-3-8-29(36)32-16-18-40-19-17-32)26-9-10-27(28(35)21-26)25-7-5-6-23(20-25)22-34(39)30(37)24-11-14-33(38)15-12-24/h5-7,9-12,14,20-21,35,38H,3-4,8,13,15-19,22H2,1-2H3/q-1. The van der Waals surface area contributed by atoms with Crippen LogP contribution in [-0.4, -0.2) is 70.0 Å². The fourth-order valence-corrected chi connectivity index (χ4v) is 5.02. The Balaban J connectivity index is 1.35. The molecule has 4 rings (SSSR count). The number of rotatable bonds is 10. The van der Waals surface area contributed by atoms with Crippen LogP contribution in [0.15, 0.2) is 66.4 Å². The van der Waals surface area contributed by atoms with Crippen molar-refractivity contribution in [3.8, 4) is 16.9 Å². The SMILES string of the molecule is CC(C)(CCCCC(=O)N1CCOCC1)c1ccc(-c2cccc(CN([O-])C(=O)C3=CCN(O)C=C3)c2)c(O)c1. The van der Waals surface area contributed by atoms with Crippen molar-refractivity contribution >= 4 is 11.8 Å². The molecule has 1 saturated heterocycles. The smallest absolute Gasteiger partial charge is 0.243 e. The third-order valence-electron chi connectivity index (χ3n) is 7.55. The number of carbonyl (C=O) groups excluding carboxylic acids is 2. The fourth-order valence-electron chi connectivity index (χ4n) is 5.02. The van der Waals surface area contributed by atoms with E-state index in [0.717, 1.165) is 35.5 Å². The number of benzene rings is 2. The predicted octanol–water partition coefficient (Wildman–Crippen LogP) is 4.73. The Labute approximate surface area is 235 Å². The van der Waals surface area contributed by atoms with Gasteiger partial charge in [0, 0.05) is 43.4 Å². The Hall–Kier alpha value is -3.66. The Morgan fingerprint density at radius 1 is 1.10 bits per heavy atom. The average molecular weight is 549 g/mol. The number of amides is 2. The van der Waals surface area contributed by atoms with Crippen molar-refractivity contribution in [2.45, 2.75) is 51.5 Å². The summed E-state index contributed by atoms with van der Waals surface area (Å²) in [5.74, 6) is -0.336. The van der Waals surface area contributed by atoms with Crippen LogP contribution < -0.4 is 0 Å². The number of nitrogens with zero attached hydrogens (tertiary/aromatic N) is 3. The van der Waals surface area contributed by atoms with Crippen LogP contribution >= 0.6 is 0 Å². The molecule has 2 aromatic carbocycles. The molecule has 0 saturated carbocycles. The number of hydrogen-bond acceptors (Lipinski definition) is 7. The summed E-state index contributed by atoms with van der Waals surface area (Å²) in [6.45, 7) is 6.85. The van der Waals surface area contributed by atoms with Gasteiger partial charge in [0.2, 0.25) is 11.8 Å². The van der Waals surface area contributed by atoms with Crippen LogP contribution in [0.5, 0.6) is 5.75 Å². The predicted molar refractivity (Wildman–Crippen MR) is 152 cm³/mol. The summed E-state index contributed by atoms with van der Waals surface area (Å²) in [4.78, 5) is 26.8. The van der Waals surface area contributed by atoms with Gasteiger partial charge in [-0.25, -0.2) is 0 Å². The number of hydrogen-bond donors (Lipinski definition) is 2. The number of hydroxylamine groups is 4. The van der Waals surface area contributed by atoms with E-state index in [4.69, 9.17) is 4.74 Å². The van der Waals surface area contributed by atoms with Crippen LogP contribution in [-0.2, 0) is 26.3 Å². The topological polar surface area (TPSA) is 117 Å². The Kier molecular flexibility index (Phi) is 9.63. The molecule has 0 aliphatic carbocycles. The second-order valence-corrected chi connectivity index (χ2v) is 11.0. The molecule has 2 aromatic rings. The van der Waals surface area contributed by atoms with E-state index in [1.807, 2.05) is 23.1 Å². The molecule has 0 unspecified atom stereocenters. The minimum absolute atomic E-state index is 0.138. The molecule has 2 amide bonds. The molecule has 40 heavy (non-hydrogen) atoms. The maximum absolute atomic E-state index is 12.5. The van der Waals surface area contributed by atoms with Crippen molar-refractivity contribution in [2.75, 3.05) is 32.8 Å². The number of ether oxygens (including phenoxy) is 1. The molecule has 9 heteroatoms. The highest BCUT2D eigenvalue weighted by Gasteiger charge is 2.23. The largest absolute Gasteiger partial charge is 0.756 e. The first kappa shape index (κ1) is 29.3. The van der Waals surface area contributed by atoms with Gasteiger partial charge in [0.25, 0.3) is 0 Å². The molecule has 0 aromatic heterocycles. The van der Waals surface area contributed by atoms with Gasteiger partial charge >= 0.3 is 0 Å². The van der Waals surface area contributed by atoms with Crippen molar-refractivity contribution in [1.82, 2.24) is 15.0 Å². The molecule has 1 fully saturated rings. The number of morpholine rings is 1. The van der Waals surface area contributed by atoms with E-state index in [1.54, 1.807) is 24.3 Å². The number of phenolic OH excluding ortho intramolecular Hbond substituents is 1. The zero-order chi connectivity index (χ0) is 28.7. The number of unbranched alkanes of at least 4 members (excludes halogenated alkanes) is 1. The number of carbonyl (C=O) groups is 2. The third kappa shape index (κ3) is 7.50. The van der Waals surface area contributed by atoms with Crippen molar-refractivity contribution in [1.29, 1.82) is 0 Å². The second kappa shape index (κ2) is 13.1. The quantitative estimate of drug-likeness (QED) is 0.326. The molecule has 9 nitrogen and oxygen atoms in total. The molecule has 2 N–H and O–H groups in total. The molecule has 2 heterocycles. The highest BCUT2D eigenvalue weighted by Crippen LogP contribution is 2.36. The van der Waals surface area contributed by atoms with Crippen LogP contribution in [0.25, 0.3) is 11.1 Å². The van der Waals surface area contributed by atoms with Crippen molar-refractivity contribution < 1.29 is 24.6 Å². The summed E-state index contributed by atoms with van der Waals surface area (Å²) in [6, 6.07) is 12.9. The molecule has 214 valence electrons. The van der Waals surface area contributed by atoms with Gasteiger partial charge in [-0.3, -0.25) is 19.9 Å². The molecule has 2 aliphatic rings. The molecule has 0 atom stereocenters. The summed E-state index contributed by atoms with van der Waals surface area (Å²) in [6.07, 6.45) is 7.38. The lowest BCUT2D eigenvalue weighted by Crippen LogP contribution is -2.40. The first-order valence-corrected chi connectivity index (χ1v) is 13.8. The summed E-state index contributed by atoms with van der Waals surface area (Å²) in [5, 5.41) is 34.1. The molecule has 0 radical (unpaired) electrons. The van der Waals surface area contributed by atoms with Crippen LogP contribution in [0.3, 0.4) is 0 Å². The minimum Gasteiger partial charge on any atom is -0.756 e. The van der Waals surface area contributed by atoms with Crippen LogP contribution in [0.4, 0.5) is 0 Å². The van der Waals surface area contributed by atoms with Gasteiger partial charge < -0.3 is 25.0 Å². The van der Waals surface area contributed by atoms with E-state index in [2.05, 4.69) is 13.8 Å². The molecule has 0 bridgehead atoms. The highest BCUT2D eigenvalue weighted by atomic mass is 16.5. The van der Waals surface area contributed by atoms with Crippen LogP contribution in [0, 0.1) is 5.21 Å². The molecule has 2 aliphatic heterocycles. The molecular formula is C31H38N3O6-. The lowest BCUT2D eigenvalue weighted by molar-refractivity contribution is -0.135. The van der Waals surface area contributed by atoms with E-state index in [0.29, 0.717) is 48.9 Å². The number of phenols is 1. The van der Waals surface area contributed by atoms with Gasteiger partial charge in [-0.05, 0) is 59.2 Å². The second-order valence-electron chi connectivity index (χ2n) is 11.0. The van der Waals surface area contributed by atoms with E-state index in [-0.39, 0.29) is 35.7 Å². The number of aromatic hydroxyl groups is 1. The Morgan fingerprint density at radius 3 is 2.58 bits per heavy atom.